The number of hydrogen-bond acceptors (Lipinski definition) is 5. The van der Waals surface area contributed by atoms with Crippen LogP contribution in [0.5, 0.6) is 0 Å². The van der Waals surface area contributed by atoms with Gasteiger partial charge in [0, 0.05) is 12.1 Å². The number of thioether (sulfide) groups is 1. The summed E-state index contributed by atoms with van der Waals surface area (Å²) in [5.74, 6) is 0.0425. The Balaban J connectivity index is 1.82. The summed E-state index contributed by atoms with van der Waals surface area (Å²) in [6.07, 6.45) is 0. The zero-order chi connectivity index (χ0) is 20.3. The van der Waals surface area contributed by atoms with Crippen molar-refractivity contribution >= 4 is 34.5 Å². The number of hydrogen-bond donors (Lipinski definition) is 0. The lowest BCUT2D eigenvalue weighted by Crippen LogP contribution is -2.05. The van der Waals surface area contributed by atoms with Crippen LogP contribution in [0.3, 0.4) is 0 Å². The average molecular weight is 397 g/mol. The summed E-state index contributed by atoms with van der Waals surface area (Å²) in [4.78, 5) is 29.2. The minimum absolute atomic E-state index is 0.0787. The van der Waals surface area contributed by atoms with E-state index >= 15 is 0 Å². The van der Waals surface area contributed by atoms with Gasteiger partial charge in [0.25, 0.3) is 0 Å². The molecule has 3 aromatic rings. The predicted octanol–water partition coefficient (Wildman–Crippen LogP) is 4.82. The smallest absolute Gasteiger partial charge is 0.338 e. The van der Waals surface area contributed by atoms with E-state index in [4.69, 9.17) is 4.74 Å². The molecule has 0 aliphatic heterocycles. The van der Waals surface area contributed by atoms with Crippen molar-refractivity contribution in [1.29, 1.82) is 0 Å². The summed E-state index contributed by atoms with van der Waals surface area (Å²) >= 11 is 1.42. The van der Waals surface area contributed by atoms with E-state index in [0.29, 0.717) is 17.9 Å². The average Bonchev–Trinajstić information content (AvgIpc) is 3.04. The Morgan fingerprint density at radius 2 is 1.79 bits per heavy atom. The molecule has 0 N–H and O–H groups in total. The molecule has 146 valence electrons. The maximum Gasteiger partial charge on any atom is 0.338 e. The first kappa shape index (κ1) is 20.1. The predicted molar refractivity (Wildman–Crippen MR) is 112 cm³/mol. The highest BCUT2D eigenvalue weighted by Crippen LogP contribution is 2.26. The van der Waals surface area contributed by atoms with Gasteiger partial charge in [0.05, 0.1) is 29.0 Å². The Kier molecular flexibility index (Phi) is 6.19. The van der Waals surface area contributed by atoms with Gasteiger partial charge in [0.15, 0.2) is 10.9 Å². The lowest BCUT2D eigenvalue weighted by Gasteiger charge is -2.07. The van der Waals surface area contributed by atoms with Crippen LogP contribution in [0.4, 0.5) is 0 Å². The fraction of sp³-hybridized carbons (Fsp3) is 0.318. The van der Waals surface area contributed by atoms with E-state index < -0.39 is 0 Å². The molecule has 1 aromatic heterocycles. The van der Waals surface area contributed by atoms with E-state index in [1.165, 1.54) is 17.3 Å². The first-order valence-corrected chi connectivity index (χ1v) is 10.3. The second-order valence-corrected chi connectivity index (χ2v) is 7.52. The van der Waals surface area contributed by atoms with Crippen LogP contribution in [-0.2, 0) is 11.3 Å². The molecule has 0 atom stereocenters. The van der Waals surface area contributed by atoms with Crippen LogP contribution in [0.25, 0.3) is 11.0 Å². The van der Waals surface area contributed by atoms with Gasteiger partial charge in [0.2, 0.25) is 0 Å². The highest BCUT2D eigenvalue weighted by molar-refractivity contribution is 7.99. The van der Waals surface area contributed by atoms with Gasteiger partial charge in [-0.05, 0) is 63.1 Å². The zero-order valence-electron chi connectivity index (χ0n) is 16.6. The molecule has 28 heavy (non-hydrogen) atoms. The topological polar surface area (TPSA) is 61.2 Å². The fourth-order valence-corrected chi connectivity index (χ4v) is 3.97. The molecule has 0 unspecified atom stereocenters. The van der Waals surface area contributed by atoms with E-state index in [9.17, 15) is 9.59 Å². The standard InChI is InChI=1S/C22H24N2O3S/c1-5-24-19-10-9-17(21(26)27-6-2)12-18(19)23-22(24)28-13-20(25)16-8-7-14(3)15(4)11-16/h7-12H,5-6,13H2,1-4H3. The Morgan fingerprint density at radius 1 is 1.04 bits per heavy atom. The second-order valence-electron chi connectivity index (χ2n) is 6.57. The third-order valence-corrected chi connectivity index (χ3v) is 5.68. The van der Waals surface area contributed by atoms with Gasteiger partial charge in [-0.3, -0.25) is 4.79 Å². The van der Waals surface area contributed by atoms with Crippen LogP contribution < -0.4 is 0 Å². The molecule has 5 nitrogen and oxygen atoms in total. The summed E-state index contributed by atoms with van der Waals surface area (Å²) in [5, 5.41) is 0.774. The minimum atomic E-state index is -0.352. The minimum Gasteiger partial charge on any atom is -0.462 e. The number of fused-ring (bicyclic) bond motifs is 1. The van der Waals surface area contributed by atoms with Crippen molar-refractivity contribution in [2.45, 2.75) is 39.4 Å². The van der Waals surface area contributed by atoms with Gasteiger partial charge >= 0.3 is 5.97 Å². The van der Waals surface area contributed by atoms with Crippen molar-refractivity contribution < 1.29 is 14.3 Å². The Labute approximate surface area is 169 Å². The van der Waals surface area contributed by atoms with Gasteiger partial charge in [0.1, 0.15) is 0 Å². The molecule has 0 fully saturated rings. The molecule has 0 spiro atoms. The van der Waals surface area contributed by atoms with Crippen LogP contribution in [0.1, 0.15) is 45.7 Å². The number of carbonyl (C=O) groups excluding carboxylic acids is 2. The molecule has 0 aliphatic carbocycles. The van der Waals surface area contributed by atoms with E-state index in [1.54, 1.807) is 19.1 Å². The summed E-state index contributed by atoms with van der Waals surface area (Å²) in [5.41, 5.74) is 5.17. The summed E-state index contributed by atoms with van der Waals surface area (Å²) in [6.45, 7) is 8.93. The zero-order valence-corrected chi connectivity index (χ0v) is 17.4. The SMILES string of the molecule is CCOC(=O)c1ccc2c(c1)nc(SCC(=O)c1ccc(C)c(C)c1)n2CC. The van der Waals surface area contributed by atoms with E-state index in [0.717, 1.165) is 33.9 Å². The van der Waals surface area contributed by atoms with Crippen LogP contribution in [0.15, 0.2) is 41.6 Å². The maximum absolute atomic E-state index is 12.6. The Bertz CT molecular complexity index is 1040. The molecule has 0 aliphatic rings. The second kappa shape index (κ2) is 8.61. The van der Waals surface area contributed by atoms with Crippen LogP contribution in [0.2, 0.25) is 0 Å². The number of esters is 1. The fourth-order valence-electron chi connectivity index (χ4n) is 2.99. The number of rotatable bonds is 7. The van der Waals surface area contributed by atoms with Gasteiger partial charge in [-0.15, -0.1) is 0 Å². The number of aryl methyl sites for hydroxylation is 3. The van der Waals surface area contributed by atoms with Crippen LogP contribution in [-0.4, -0.2) is 33.7 Å². The van der Waals surface area contributed by atoms with E-state index in [-0.39, 0.29) is 11.8 Å². The number of Topliss-reactive ketones (excluding diaryl/α,β-unsaturated/α-hetero) is 1. The van der Waals surface area contributed by atoms with E-state index in [1.807, 2.05) is 45.0 Å². The van der Waals surface area contributed by atoms with Crippen molar-refractivity contribution in [2.75, 3.05) is 12.4 Å². The van der Waals surface area contributed by atoms with Gasteiger partial charge in [-0.1, -0.05) is 23.9 Å². The van der Waals surface area contributed by atoms with Crippen LogP contribution in [0, 0.1) is 13.8 Å². The highest BCUT2D eigenvalue weighted by atomic mass is 32.2. The molecular formula is C22H24N2O3S. The molecule has 2 aromatic carbocycles. The van der Waals surface area contributed by atoms with Crippen LogP contribution >= 0.6 is 11.8 Å². The number of imidazole rings is 1. The number of ether oxygens (including phenoxy) is 1. The van der Waals surface area contributed by atoms with Crippen molar-refractivity contribution in [1.82, 2.24) is 9.55 Å². The number of aromatic nitrogens is 2. The Hall–Kier alpha value is -2.60. The Morgan fingerprint density at radius 3 is 2.46 bits per heavy atom. The third kappa shape index (κ3) is 4.12. The first-order valence-electron chi connectivity index (χ1n) is 9.35. The van der Waals surface area contributed by atoms with Crippen molar-refractivity contribution in [3.05, 3.63) is 58.7 Å². The van der Waals surface area contributed by atoms with Gasteiger partial charge in [-0.25, -0.2) is 9.78 Å². The molecule has 3 rings (SSSR count). The molecule has 0 bridgehead atoms. The number of ketones is 1. The monoisotopic (exact) mass is 396 g/mol. The third-order valence-electron chi connectivity index (χ3n) is 4.70. The van der Waals surface area contributed by atoms with Crippen molar-refractivity contribution in [3.8, 4) is 0 Å². The first-order chi connectivity index (χ1) is 13.4. The van der Waals surface area contributed by atoms with Crippen molar-refractivity contribution in [3.63, 3.8) is 0 Å². The van der Waals surface area contributed by atoms with Crippen molar-refractivity contribution in [2.24, 2.45) is 0 Å². The highest BCUT2D eigenvalue weighted by Gasteiger charge is 2.15. The number of benzene rings is 2. The summed E-state index contributed by atoms with van der Waals surface area (Å²) < 4.78 is 7.12. The van der Waals surface area contributed by atoms with Gasteiger partial charge < -0.3 is 9.30 Å². The molecule has 0 radical (unpaired) electrons. The molecule has 0 saturated heterocycles. The maximum atomic E-state index is 12.6. The number of nitrogens with zero attached hydrogens (tertiary/aromatic N) is 2. The molecule has 0 amide bonds. The lowest BCUT2D eigenvalue weighted by atomic mass is 10.0. The quantitative estimate of drug-likeness (QED) is 0.325. The summed E-state index contributed by atoms with van der Waals surface area (Å²) in [6, 6.07) is 11.2. The molecule has 0 saturated carbocycles. The summed E-state index contributed by atoms with van der Waals surface area (Å²) in [7, 11) is 0. The van der Waals surface area contributed by atoms with E-state index in [2.05, 4.69) is 9.55 Å². The normalized spacial score (nSPS) is 11.0. The largest absolute Gasteiger partial charge is 0.462 e. The molecule has 1 heterocycles. The molecule has 6 heteroatoms. The number of carbonyl (C=O) groups is 2. The van der Waals surface area contributed by atoms with Gasteiger partial charge in [-0.2, -0.15) is 0 Å². The molecular weight excluding hydrogens is 372 g/mol. The lowest BCUT2D eigenvalue weighted by molar-refractivity contribution is 0.0526.